The van der Waals surface area contributed by atoms with Gasteiger partial charge in [-0.25, -0.2) is 14.4 Å². The molecule has 11 nitrogen and oxygen atoms in total. The van der Waals surface area contributed by atoms with E-state index in [4.69, 9.17) is 16.3 Å². The highest BCUT2D eigenvalue weighted by Gasteiger charge is 2.42. The van der Waals surface area contributed by atoms with Gasteiger partial charge in [-0.05, 0) is 66.4 Å². The van der Waals surface area contributed by atoms with Crippen LogP contribution in [0.4, 0.5) is 21.6 Å². The molecule has 0 saturated carbocycles. The van der Waals surface area contributed by atoms with Crippen molar-refractivity contribution in [3.63, 3.8) is 0 Å². The summed E-state index contributed by atoms with van der Waals surface area (Å²) in [6.45, 7) is 7.68. The lowest BCUT2D eigenvalue weighted by Crippen LogP contribution is -2.59. The molecule has 244 valence electrons. The number of likely N-dealkylation sites (tertiary alicyclic amines) is 1. The van der Waals surface area contributed by atoms with Crippen LogP contribution in [0, 0.1) is 11.2 Å². The molecule has 2 heterocycles. The summed E-state index contributed by atoms with van der Waals surface area (Å²) in [4.78, 5) is 50.3. The second-order valence-electron chi connectivity index (χ2n) is 11.6. The Morgan fingerprint density at radius 2 is 1.89 bits per heavy atom. The maximum absolute atomic E-state index is 14.8. The average molecular weight is 729 g/mol. The second kappa shape index (κ2) is 14.9. The number of fused-ring (bicyclic) bond motifs is 1. The monoisotopic (exact) mass is 727 g/mol. The summed E-state index contributed by atoms with van der Waals surface area (Å²) in [6, 6.07) is 4.29. The predicted molar refractivity (Wildman–Crippen MR) is 179 cm³/mol. The van der Waals surface area contributed by atoms with E-state index in [1.165, 1.54) is 24.4 Å². The van der Waals surface area contributed by atoms with Gasteiger partial charge in [-0.2, -0.15) is 0 Å². The minimum Gasteiger partial charge on any atom is -0.494 e. The molecule has 0 aliphatic carbocycles. The molecule has 3 amide bonds. The number of nitrogens with one attached hydrogen (secondary N) is 4. The molecule has 0 radical (unpaired) electrons. The largest absolute Gasteiger partial charge is 0.494 e. The Kier molecular flexibility index (Phi) is 12.0. The molecule has 1 aromatic heterocycles. The number of anilines is 3. The lowest BCUT2D eigenvalue weighted by molar-refractivity contribution is -0.143. The zero-order chi connectivity index (χ0) is 32.3. The lowest BCUT2D eigenvalue weighted by atomic mass is 9.85. The van der Waals surface area contributed by atoms with E-state index in [1.807, 2.05) is 20.8 Å². The fourth-order valence-electron chi connectivity index (χ4n) is 4.93. The van der Waals surface area contributed by atoms with Crippen molar-refractivity contribution >= 4 is 85.8 Å². The van der Waals surface area contributed by atoms with Gasteiger partial charge in [0.2, 0.25) is 17.7 Å². The summed E-state index contributed by atoms with van der Waals surface area (Å²) in [7, 11) is 3.13. The Bertz CT molecular complexity index is 1590. The van der Waals surface area contributed by atoms with E-state index in [-0.39, 0.29) is 40.7 Å². The molecule has 15 heteroatoms. The number of hydrogen-bond donors (Lipinski definition) is 4. The quantitative estimate of drug-likeness (QED) is 0.214. The lowest BCUT2D eigenvalue weighted by Gasteiger charge is -2.36. The van der Waals surface area contributed by atoms with Crippen LogP contribution in [-0.4, -0.2) is 71.4 Å². The predicted octanol–water partition coefficient (Wildman–Crippen LogP) is 5.43. The summed E-state index contributed by atoms with van der Waals surface area (Å²) < 4.78 is 20.8. The minimum atomic E-state index is -0.840. The van der Waals surface area contributed by atoms with Gasteiger partial charge >= 0.3 is 0 Å². The fraction of sp³-hybridized carbons (Fsp3) is 0.433. The zero-order valence-electron chi connectivity index (χ0n) is 25.8. The van der Waals surface area contributed by atoms with Crippen LogP contribution in [0.1, 0.15) is 40.5 Å². The second-order valence-corrected chi connectivity index (χ2v) is 12.9. The maximum Gasteiger partial charge on any atom is 0.247 e. The fourth-order valence-corrected chi connectivity index (χ4v) is 5.40. The number of ether oxygens (including phenoxy) is 1. The van der Waals surface area contributed by atoms with Crippen molar-refractivity contribution in [2.45, 2.75) is 58.7 Å². The highest BCUT2D eigenvalue weighted by atomic mass is 79.9. The highest BCUT2D eigenvalue weighted by molar-refractivity contribution is 9.10. The molecular weight excluding hydrogens is 692 g/mol. The normalized spacial score (nSPS) is 16.0. The van der Waals surface area contributed by atoms with Crippen LogP contribution in [0.25, 0.3) is 10.9 Å². The summed E-state index contributed by atoms with van der Waals surface area (Å²) >= 11 is 9.27. The van der Waals surface area contributed by atoms with Crippen molar-refractivity contribution in [2.24, 2.45) is 5.41 Å². The van der Waals surface area contributed by atoms with Crippen LogP contribution < -0.4 is 26.0 Å². The van der Waals surface area contributed by atoms with Crippen molar-refractivity contribution in [2.75, 3.05) is 31.3 Å². The number of benzene rings is 2. The molecule has 0 bridgehead atoms. The van der Waals surface area contributed by atoms with E-state index in [1.54, 1.807) is 32.2 Å². The van der Waals surface area contributed by atoms with E-state index in [0.29, 0.717) is 46.2 Å². The Hall–Kier alpha value is -3.26. The number of carbonyl (C=O) groups excluding carboxylic acids is 3. The molecule has 3 atom stereocenters. The SMILES string of the molecule is CN[C@@H](C)C(=O)N[C@H](C(=O)N1CCCC1C(=O)Nc1cc2c(Nc3ccc(Br)c(Cl)c3F)ncnc2cc1OC)C(C)(C)C.Cl. The Morgan fingerprint density at radius 1 is 1.18 bits per heavy atom. The van der Waals surface area contributed by atoms with Gasteiger partial charge in [0.15, 0.2) is 5.82 Å². The number of nitrogens with zero attached hydrogens (tertiary/aromatic N) is 3. The van der Waals surface area contributed by atoms with Crippen LogP contribution in [0.3, 0.4) is 0 Å². The number of aromatic nitrogens is 2. The van der Waals surface area contributed by atoms with Crippen molar-refractivity contribution in [3.05, 3.63) is 45.9 Å². The van der Waals surface area contributed by atoms with Gasteiger partial charge in [0, 0.05) is 22.5 Å². The molecular formula is C30H37BrCl2FN7O4. The van der Waals surface area contributed by atoms with Gasteiger partial charge in [-0.3, -0.25) is 14.4 Å². The first kappa shape index (κ1) is 36.2. The van der Waals surface area contributed by atoms with Crippen molar-refractivity contribution in [1.82, 2.24) is 25.5 Å². The summed E-state index contributed by atoms with van der Waals surface area (Å²) in [5.41, 5.74) is 0.301. The number of amides is 3. The number of hydrogen-bond acceptors (Lipinski definition) is 8. The van der Waals surface area contributed by atoms with Crippen LogP contribution in [0.2, 0.25) is 5.02 Å². The Labute approximate surface area is 280 Å². The van der Waals surface area contributed by atoms with Gasteiger partial charge < -0.3 is 30.9 Å². The Balaban J connectivity index is 0.00000552. The van der Waals surface area contributed by atoms with Crippen molar-refractivity contribution in [3.8, 4) is 5.75 Å². The molecule has 1 aliphatic heterocycles. The van der Waals surface area contributed by atoms with Gasteiger partial charge in [0.05, 0.1) is 35.1 Å². The molecule has 4 rings (SSSR count). The molecule has 0 spiro atoms. The number of methoxy groups -OCH3 is 1. The summed E-state index contributed by atoms with van der Waals surface area (Å²) in [6.07, 6.45) is 2.40. The van der Waals surface area contributed by atoms with Crippen molar-refractivity contribution < 1.29 is 23.5 Å². The number of halogens is 4. The molecule has 1 saturated heterocycles. The van der Waals surface area contributed by atoms with E-state index < -0.39 is 35.3 Å². The number of carbonyl (C=O) groups is 3. The number of likely N-dealkylation sites (N-methyl/N-ethyl adjacent to an activating group) is 1. The molecule has 1 fully saturated rings. The molecule has 45 heavy (non-hydrogen) atoms. The van der Waals surface area contributed by atoms with Crippen molar-refractivity contribution in [1.29, 1.82) is 0 Å². The first-order valence-corrected chi connectivity index (χ1v) is 15.3. The van der Waals surface area contributed by atoms with Gasteiger partial charge in [-0.15, -0.1) is 12.4 Å². The first-order valence-electron chi connectivity index (χ1n) is 14.1. The topological polar surface area (TPSA) is 138 Å². The standard InChI is InChI=1S/C30H36BrClFN7O4.ClH/c1-15(34-5)27(41)39-25(30(2,3)4)29(43)40-11-7-8-21(40)28(42)38-20-12-16-19(13-22(20)44-6)35-14-36-26(16)37-18-10-9-17(31)23(32)24(18)33;/h9-10,12-15,21,25,34H,7-8,11H2,1-6H3,(H,38,42)(H,39,41)(H,35,36,37);1H/t15-,21?,25+;/m0./s1. The Morgan fingerprint density at radius 3 is 2.53 bits per heavy atom. The van der Waals surface area contributed by atoms with Crippen LogP contribution in [0.5, 0.6) is 5.75 Å². The first-order chi connectivity index (χ1) is 20.8. The van der Waals surface area contributed by atoms with E-state index in [2.05, 4.69) is 47.2 Å². The van der Waals surface area contributed by atoms with Gasteiger partial charge in [0.25, 0.3) is 0 Å². The molecule has 1 unspecified atom stereocenters. The van der Waals surface area contributed by atoms with Crippen LogP contribution >= 0.6 is 39.9 Å². The summed E-state index contributed by atoms with van der Waals surface area (Å²) in [5.74, 6) is -1.09. The van der Waals surface area contributed by atoms with E-state index >= 15 is 0 Å². The molecule has 2 aromatic carbocycles. The highest BCUT2D eigenvalue weighted by Crippen LogP contribution is 2.36. The third-order valence-corrected chi connectivity index (χ3v) is 8.83. The van der Waals surface area contributed by atoms with E-state index in [0.717, 1.165) is 0 Å². The maximum atomic E-state index is 14.8. The van der Waals surface area contributed by atoms with Gasteiger partial charge in [-0.1, -0.05) is 32.4 Å². The molecule has 4 N–H and O–H groups in total. The summed E-state index contributed by atoms with van der Waals surface area (Å²) in [5, 5.41) is 12.0. The molecule has 3 aromatic rings. The molecule has 1 aliphatic rings. The smallest absolute Gasteiger partial charge is 0.247 e. The van der Waals surface area contributed by atoms with E-state index in [9.17, 15) is 18.8 Å². The third-order valence-electron chi connectivity index (χ3n) is 7.57. The third kappa shape index (κ3) is 7.94. The van der Waals surface area contributed by atoms with Crippen LogP contribution in [-0.2, 0) is 14.4 Å². The minimum absolute atomic E-state index is 0. The van der Waals surface area contributed by atoms with Crippen LogP contribution in [0.15, 0.2) is 35.1 Å². The number of rotatable bonds is 9. The van der Waals surface area contributed by atoms with Gasteiger partial charge in [0.1, 0.15) is 30.0 Å². The zero-order valence-corrected chi connectivity index (χ0v) is 28.9. The average Bonchev–Trinajstić information content (AvgIpc) is 3.49.